The second-order valence-corrected chi connectivity index (χ2v) is 8.19. The number of amides is 2. The van der Waals surface area contributed by atoms with Gasteiger partial charge in [-0.2, -0.15) is 0 Å². The number of likely N-dealkylation sites (tertiary alicyclic amines) is 1. The summed E-state index contributed by atoms with van der Waals surface area (Å²) in [5.74, 6) is 0.721. The molecule has 7 nitrogen and oxygen atoms in total. The molecule has 4 rings (SSSR count). The lowest BCUT2D eigenvalue weighted by atomic mass is 9.96. The van der Waals surface area contributed by atoms with E-state index in [9.17, 15) is 9.59 Å². The summed E-state index contributed by atoms with van der Waals surface area (Å²) in [5.41, 5.74) is 2.33. The van der Waals surface area contributed by atoms with Crippen molar-refractivity contribution in [2.75, 3.05) is 11.9 Å². The van der Waals surface area contributed by atoms with Crippen molar-refractivity contribution in [2.24, 2.45) is 0 Å². The van der Waals surface area contributed by atoms with E-state index in [0.29, 0.717) is 18.7 Å². The summed E-state index contributed by atoms with van der Waals surface area (Å²) in [7, 11) is 0. The highest BCUT2D eigenvalue weighted by Gasteiger charge is 2.35. The third kappa shape index (κ3) is 3.40. The number of carbonyl (C=O) groups excluding carboxylic acids is 2. The van der Waals surface area contributed by atoms with E-state index < -0.39 is 6.04 Å². The van der Waals surface area contributed by atoms with Crippen LogP contribution in [0.4, 0.5) is 5.69 Å². The largest absolute Gasteiger partial charge is 0.459 e. The molecule has 1 fully saturated rings. The first kappa shape index (κ1) is 18.3. The van der Waals surface area contributed by atoms with Crippen LogP contribution < -0.4 is 5.32 Å². The van der Waals surface area contributed by atoms with Gasteiger partial charge in [-0.1, -0.05) is 20.8 Å². The molecule has 0 aliphatic carbocycles. The monoisotopic (exact) mass is 380 g/mol. The van der Waals surface area contributed by atoms with Gasteiger partial charge in [-0.15, -0.1) is 0 Å². The Labute approximate surface area is 163 Å². The number of benzene rings is 1. The number of hydrogen-bond acceptors (Lipinski definition) is 4. The predicted molar refractivity (Wildman–Crippen MR) is 106 cm³/mol. The average molecular weight is 380 g/mol. The molecule has 3 aromatic rings. The van der Waals surface area contributed by atoms with Crippen molar-refractivity contribution < 1.29 is 14.0 Å². The van der Waals surface area contributed by atoms with E-state index in [1.165, 1.54) is 6.26 Å². The topological polar surface area (TPSA) is 91.2 Å². The molecule has 7 heteroatoms. The number of imidazole rings is 1. The van der Waals surface area contributed by atoms with Crippen LogP contribution in [0.1, 0.15) is 50.0 Å². The van der Waals surface area contributed by atoms with Gasteiger partial charge in [0.25, 0.3) is 5.91 Å². The molecule has 2 aromatic heterocycles. The molecule has 0 saturated carbocycles. The second kappa shape index (κ2) is 6.82. The van der Waals surface area contributed by atoms with Crippen molar-refractivity contribution in [3.05, 3.63) is 48.2 Å². The number of H-pyrrole nitrogens is 1. The highest BCUT2D eigenvalue weighted by molar-refractivity contribution is 6.01. The second-order valence-electron chi connectivity index (χ2n) is 8.19. The fraction of sp³-hybridized carbons (Fsp3) is 0.381. The Kier molecular flexibility index (Phi) is 4.45. The molecule has 28 heavy (non-hydrogen) atoms. The van der Waals surface area contributed by atoms with Gasteiger partial charge in [-0.25, -0.2) is 4.98 Å². The van der Waals surface area contributed by atoms with Crippen molar-refractivity contribution in [3.8, 4) is 0 Å². The highest BCUT2D eigenvalue weighted by Crippen LogP contribution is 2.26. The summed E-state index contributed by atoms with van der Waals surface area (Å²) in [6.07, 6.45) is 2.89. The molecule has 0 bridgehead atoms. The Morgan fingerprint density at radius 3 is 2.82 bits per heavy atom. The van der Waals surface area contributed by atoms with Gasteiger partial charge in [0.2, 0.25) is 5.91 Å². The zero-order valence-corrected chi connectivity index (χ0v) is 16.3. The first-order chi connectivity index (χ1) is 13.3. The van der Waals surface area contributed by atoms with E-state index in [0.717, 1.165) is 23.3 Å². The maximum atomic E-state index is 12.8. The summed E-state index contributed by atoms with van der Waals surface area (Å²) in [4.78, 5) is 34.9. The van der Waals surface area contributed by atoms with Crippen LogP contribution in [-0.2, 0) is 10.2 Å². The van der Waals surface area contributed by atoms with Crippen LogP contribution in [0.25, 0.3) is 11.0 Å². The molecule has 0 unspecified atom stereocenters. The van der Waals surface area contributed by atoms with Gasteiger partial charge in [-0.05, 0) is 43.2 Å². The van der Waals surface area contributed by atoms with Crippen LogP contribution in [0.15, 0.2) is 41.0 Å². The summed E-state index contributed by atoms with van der Waals surface area (Å²) < 4.78 is 5.20. The van der Waals surface area contributed by atoms with E-state index in [-0.39, 0.29) is 23.0 Å². The van der Waals surface area contributed by atoms with Crippen LogP contribution in [0.2, 0.25) is 0 Å². The summed E-state index contributed by atoms with van der Waals surface area (Å²) >= 11 is 0. The van der Waals surface area contributed by atoms with E-state index in [4.69, 9.17) is 4.42 Å². The minimum atomic E-state index is -0.500. The van der Waals surface area contributed by atoms with Crippen LogP contribution >= 0.6 is 0 Å². The number of carbonyl (C=O) groups is 2. The molecule has 2 amide bonds. The van der Waals surface area contributed by atoms with Gasteiger partial charge in [0.1, 0.15) is 11.9 Å². The lowest BCUT2D eigenvalue weighted by molar-refractivity contribution is -0.119. The SMILES string of the molecule is CC(C)(C)c1nc2ccc(NC(=O)[C@@H]3CCCN3C(=O)c3ccco3)cc2[nH]1. The molecule has 2 N–H and O–H groups in total. The lowest BCUT2D eigenvalue weighted by Gasteiger charge is -2.23. The molecule has 1 atom stereocenters. The molecule has 146 valence electrons. The highest BCUT2D eigenvalue weighted by atomic mass is 16.3. The van der Waals surface area contributed by atoms with Gasteiger partial charge in [-0.3, -0.25) is 9.59 Å². The number of aromatic amines is 1. The molecule has 1 aromatic carbocycles. The van der Waals surface area contributed by atoms with Crippen LogP contribution in [0, 0.1) is 0 Å². The maximum absolute atomic E-state index is 12.8. The number of fused-ring (bicyclic) bond motifs is 1. The molecule has 1 saturated heterocycles. The zero-order valence-electron chi connectivity index (χ0n) is 16.3. The number of nitrogens with zero attached hydrogens (tertiary/aromatic N) is 2. The van der Waals surface area contributed by atoms with Crippen LogP contribution in [-0.4, -0.2) is 39.3 Å². The fourth-order valence-corrected chi connectivity index (χ4v) is 3.49. The third-order valence-corrected chi connectivity index (χ3v) is 5.01. The van der Waals surface area contributed by atoms with Crippen molar-refractivity contribution >= 4 is 28.5 Å². The predicted octanol–water partition coefficient (Wildman–Crippen LogP) is 3.70. The number of nitrogens with one attached hydrogen (secondary N) is 2. The maximum Gasteiger partial charge on any atom is 0.290 e. The Balaban J connectivity index is 1.52. The molecular weight excluding hydrogens is 356 g/mol. The summed E-state index contributed by atoms with van der Waals surface area (Å²) in [6.45, 7) is 6.83. The normalized spacial score (nSPS) is 17.2. The molecule has 1 aliphatic rings. The smallest absolute Gasteiger partial charge is 0.290 e. The van der Waals surface area contributed by atoms with E-state index >= 15 is 0 Å². The van der Waals surface area contributed by atoms with Crippen molar-refractivity contribution in [3.63, 3.8) is 0 Å². The number of furan rings is 1. The Bertz CT molecular complexity index is 1010. The molecule has 0 spiro atoms. The van der Waals surface area contributed by atoms with Gasteiger partial charge in [0.15, 0.2) is 5.76 Å². The lowest BCUT2D eigenvalue weighted by Crippen LogP contribution is -2.43. The molecule has 1 aliphatic heterocycles. The van der Waals surface area contributed by atoms with Crippen molar-refractivity contribution in [1.82, 2.24) is 14.9 Å². The molecular formula is C21H24N4O3. The number of aromatic nitrogens is 2. The minimum Gasteiger partial charge on any atom is -0.459 e. The van der Waals surface area contributed by atoms with Crippen LogP contribution in [0.5, 0.6) is 0 Å². The van der Waals surface area contributed by atoms with E-state index in [1.807, 2.05) is 18.2 Å². The first-order valence-corrected chi connectivity index (χ1v) is 9.48. The Hall–Kier alpha value is -3.09. The average Bonchev–Trinajstić information content (AvgIpc) is 3.38. The van der Waals surface area contributed by atoms with Gasteiger partial charge >= 0.3 is 0 Å². The van der Waals surface area contributed by atoms with Gasteiger partial charge in [0.05, 0.1) is 17.3 Å². The summed E-state index contributed by atoms with van der Waals surface area (Å²) in [5, 5.41) is 2.94. The Morgan fingerprint density at radius 1 is 1.29 bits per heavy atom. The minimum absolute atomic E-state index is 0.0843. The summed E-state index contributed by atoms with van der Waals surface area (Å²) in [6, 6.07) is 8.39. The number of rotatable bonds is 3. The van der Waals surface area contributed by atoms with Gasteiger partial charge in [0, 0.05) is 17.6 Å². The fourth-order valence-electron chi connectivity index (χ4n) is 3.49. The number of hydrogen-bond donors (Lipinski definition) is 2. The number of anilines is 1. The third-order valence-electron chi connectivity index (χ3n) is 5.01. The standard InChI is InChI=1S/C21H24N4O3/c1-21(2,3)20-23-14-9-8-13(12-15(14)24-20)22-18(26)16-6-4-10-25(16)19(27)17-7-5-11-28-17/h5,7-9,11-12,16H,4,6,10H2,1-3H3,(H,22,26)(H,23,24)/t16-/m0/s1. The molecule has 0 radical (unpaired) electrons. The quantitative estimate of drug-likeness (QED) is 0.725. The van der Waals surface area contributed by atoms with E-state index in [2.05, 4.69) is 36.1 Å². The zero-order chi connectivity index (χ0) is 19.9. The first-order valence-electron chi connectivity index (χ1n) is 9.48. The van der Waals surface area contributed by atoms with Gasteiger partial charge < -0.3 is 19.6 Å². The van der Waals surface area contributed by atoms with E-state index in [1.54, 1.807) is 17.0 Å². The van der Waals surface area contributed by atoms with Crippen LogP contribution in [0.3, 0.4) is 0 Å². The molecule has 3 heterocycles. The van der Waals surface area contributed by atoms with Crippen molar-refractivity contribution in [2.45, 2.75) is 45.1 Å². The van der Waals surface area contributed by atoms with Crippen molar-refractivity contribution in [1.29, 1.82) is 0 Å². The Morgan fingerprint density at radius 2 is 2.11 bits per heavy atom.